The molecule has 2 aromatic heterocycles. The molecule has 2 heterocycles. The summed E-state index contributed by atoms with van der Waals surface area (Å²) in [4.78, 5) is 24.3. The number of aromatic amines is 1. The van der Waals surface area contributed by atoms with E-state index in [9.17, 15) is 18.5 Å². The van der Waals surface area contributed by atoms with Crippen molar-refractivity contribution in [2.24, 2.45) is 0 Å². The van der Waals surface area contributed by atoms with Crippen LogP contribution in [-0.2, 0) is 10.8 Å². The lowest BCUT2D eigenvalue weighted by Gasteiger charge is -2.23. The fraction of sp³-hybridized carbons (Fsp3) is 0.364. The second-order valence-corrected chi connectivity index (χ2v) is 9.83. The molecule has 0 saturated carbocycles. The van der Waals surface area contributed by atoms with Crippen molar-refractivity contribution in [1.82, 2.24) is 20.3 Å². The molecule has 0 radical (unpaired) electrons. The summed E-state index contributed by atoms with van der Waals surface area (Å²) in [5, 5.41) is 23.9. The minimum absolute atomic E-state index is 0.00853. The second-order valence-electron chi connectivity index (χ2n) is 8.27. The SMILES string of the molecule is CS(=O)CCCNc1cc(F)ccc1C(=N)c1cnc2[nH]cc(C(=O)NC(C)(C)CO)c2n1. The molecule has 3 rings (SSSR count). The molecular weight excluding hydrogens is 447 g/mol. The molecule has 0 saturated heterocycles. The normalized spacial score (nSPS) is 12.5. The first kappa shape index (κ1) is 24.5. The molecule has 0 aliphatic carbocycles. The predicted octanol–water partition coefficient (Wildman–Crippen LogP) is 2.19. The van der Waals surface area contributed by atoms with Gasteiger partial charge < -0.3 is 20.7 Å². The standard InChI is InChI=1S/C22H27FN6O3S/c1-22(2,12-30)29-21(31)15-10-26-20-19(15)28-17(11-27-20)18(24)14-6-5-13(23)9-16(14)25-7-4-8-33(3)32/h5-6,9-11,24-25,30H,4,7-8,12H2,1-3H3,(H,26,27)(H,29,31). The van der Waals surface area contributed by atoms with Gasteiger partial charge >= 0.3 is 0 Å². The van der Waals surface area contributed by atoms with Gasteiger partial charge in [-0.15, -0.1) is 0 Å². The number of carbonyl (C=O) groups excluding carboxylic acids is 1. The summed E-state index contributed by atoms with van der Waals surface area (Å²) >= 11 is 0. The molecule has 0 fully saturated rings. The Hall–Kier alpha value is -3.18. The van der Waals surface area contributed by atoms with Gasteiger partial charge in [-0.25, -0.2) is 14.4 Å². The molecule has 11 heteroatoms. The van der Waals surface area contributed by atoms with Gasteiger partial charge in [-0.3, -0.25) is 14.4 Å². The Morgan fingerprint density at radius 2 is 2.09 bits per heavy atom. The largest absolute Gasteiger partial charge is 0.394 e. The van der Waals surface area contributed by atoms with Crippen LogP contribution >= 0.6 is 0 Å². The van der Waals surface area contributed by atoms with E-state index in [-0.39, 0.29) is 29.1 Å². The third-order valence-electron chi connectivity index (χ3n) is 4.90. The predicted molar refractivity (Wildman–Crippen MR) is 127 cm³/mol. The molecule has 9 nitrogen and oxygen atoms in total. The Labute approximate surface area is 193 Å². The van der Waals surface area contributed by atoms with Crippen LogP contribution in [-0.4, -0.2) is 66.6 Å². The number of aromatic nitrogens is 3. The smallest absolute Gasteiger partial charge is 0.255 e. The highest BCUT2D eigenvalue weighted by molar-refractivity contribution is 7.84. The van der Waals surface area contributed by atoms with Crippen LogP contribution in [0.3, 0.4) is 0 Å². The molecule has 1 aromatic carbocycles. The number of halogens is 1. The van der Waals surface area contributed by atoms with E-state index in [1.165, 1.54) is 30.6 Å². The van der Waals surface area contributed by atoms with Gasteiger partial charge in [-0.2, -0.15) is 0 Å². The van der Waals surface area contributed by atoms with E-state index in [2.05, 4.69) is 25.6 Å². The Morgan fingerprint density at radius 1 is 1.33 bits per heavy atom. The maximum atomic E-state index is 13.9. The Morgan fingerprint density at radius 3 is 2.79 bits per heavy atom. The number of benzene rings is 1. The van der Waals surface area contributed by atoms with Crippen LogP contribution in [0.15, 0.2) is 30.6 Å². The van der Waals surface area contributed by atoms with E-state index in [0.717, 1.165) is 0 Å². The monoisotopic (exact) mass is 474 g/mol. The number of aliphatic hydroxyl groups excluding tert-OH is 1. The van der Waals surface area contributed by atoms with Crippen LogP contribution in [0.2, 0.25) is 0 Å². The lowest BCUT2D eigenvalue weighted by molar-refractivity contribution is 0.0871. The van der Waals surface area contributed by atoms with Crippen LogP contribution < -0.4 is 10.6 Å². The second kappa shape index (κ2) is 10.2. The van der Waals surface area contributed by atoms with Gasteiger partial charge in [0.15, 0.2) is 5.65 Å². The zero-order chi connectivity index (χ0) is 24.2. The van der Waals surface area contributed by atoms with E-state index in [1.54, 1.807) is 20.1 Å². The number of anilines is 1. The summed E-state index contributed by atoms with van der Waals surface area (Å²) in [5.74, 6) is -0.371. The average Bonchev–Trinajstić information content (AvgIpc) is 3.19. The highest BCUT2D eigenvalue weighted by atomic mass is 32.2. The summed E-state index contributed by atoms with van der Waals surface area (Å²) in [7, 11) is -0.919. The van der Waals surface area contributed by atoms with Crippen molar-refractivity contribution in [3.8, 4) is 0 Å². The number of carbonyl (C=O) groups is 1. The highest BCUT2D eigenvalue weighted by Gasteiger charge is 2.23. The summed E-state index contributed by atoms with van der Waals surface area (Å²) in [5.41, 5.74) is 1.13. The number of fused-ring (bicyclic) bond motifs is 1. The number of nitrogens with zero attached hydrogens (tertiary/aromatic N) is 2. The van der Waals surface area contributed by atoms with Gasteiger partial charge in [0.25, 0.3) is 5.91 Å². The van der Waals surface area contributed by atoms with Gasteiger partial charge in [0.1, 0.15) is 17.0 Å². The number of nitrogens with one attached hydrogen (secondary N) is 4. The Bertz CT molecular complexity index is 1210. The molecule has 1 amide bonds. The average molecular weight is 475 g/mol. The summed E-state index contributed by atoms with van der Waals surface area (Å²) < 4.78 is 25.1. The first-order valence-corrected chi connectivity index (χ1v) is 12.0. The van der Waals surface area contributed by atoms with Crippen LogP contribution in [0.4, 0.5) is 10.1 Å². The minimum atomic E-state index is -0.919. The number of hydrogen-bond donors (Lipinski definition) is 5. The number of H-pyrrole nitrogens is 1. The number of amides is 1. The molecule has 0 bridgehead atoms. The number of rotatable bonds is 10. The molecule has 176 valence electrons. The maximum absolute atomic E-state index is 13.9. The van der Waals surface area contributed by atoms with Gasteiger partial charge in [-0.1, -0.05) is 0 Å². The summed E-state index contributed by atoms with van der Waals surface area (Å²) in [6, 6.07) is 4.04. The first-order chi connectivity index (χ1) is 15.6. The Balaban J connectivity index is 1.90. The molecule has 0 spiro atoms. The van der Waals surface area contributed by atoms with E-state index in [1.807, 2.05) is 0 Å². The topological polar surface area (TPSA) is 144 Å². The van der Waals surface area contributed by atoms with Crippen molar-refractivity contribution in [3.63, 3.8) is 0 Å². The van der Waals surface area contributed by atoms with Crippen LogP contribution in [0.5, 0.6) is 0 Å². The third-order valence-corrected chi connectivity index (χ3v) is 5.77. The van der Waals surface area contributed by atoms with Crippen molar-refractivity contribution in [2.45, 2.75) is 25.8 Å². The fourth-order valence-electron chi connectivity index (χ4n) is 3.12. The molecule has 0 aliphatic rings. The summed E-state index contributed by atoms with van der Waals surface area (Å²) in [6.07, 6.45) is 5.14. The van der Waals surface area contributed by atoms with Crippen LogP contribution in [0, 0.1) is 11.2 Å². The molecule has 5 N–H and O–H groups in total. The van der Waals surface area contributed by atoms with Gasteiger partial charge in [-0.05, 0) is 38.5 Å². The quantitative estimate of drug-likeness (QED) is 0.225. The molecular formula is C22H27FN6O3S. The van der Waals surface area contributed by atoms with E-state index < -0.39 is 28.1 Å². The van der Waals surface area contributed by atoms with Gasteiger partial charge in [0.05, 0.1) is 29.6 Å². The fourth-order valence-corrected chi connectivity index (χ4v) is 3.67. The van der Waals surface area contributed by atoms with Crippen molar-refractivity contribution in [1.29, 1.82) is 5.41 Å². The van der Waals surface area contributed by atoms with Crippen molar-refractivity contribution in [2.75, 3.05) is 30.5 Å². The number of hydrogen-bond acceptors (Lipinski definition) is 7. The van der Waals surface area contributed by atoms with E-state index >= 15 is 0 Å². The van der Waals surface area contributed by atoms with E-state index in [4.69, 9.17) is 5.41 Å². The first-order valence-electron chi connectivity index (χ1n) is 10.3. The van der Waals surface area contributed by atoms with Gasteiger partial charge in [0.2, 0.25) is 0 Å². The molecule has 33 heavy (non-hydrogen) atoms. The zero-order valence-corrected chi connectivity index (χ0v) is 19.5. The van der Waals surface area contributed by atoms with Crippen molar-refractivity contribution >= 4 is 39.3 Å². The molecule has 1 atom stereocenters. The minimum Gasteiger partial charge on any atom is -0.394 e. The third kappa shape index (κ3) is 5.99. The van der Waals surface area contributed by atoms with Crippen molar-refractivity contribution < 1.29 is 18.5 Å². The lowest BCUT2D eigenvalue weighted by atomic mass is 10.0. The zero-order valence-electron chi connectivity index (χ0n) is 18.7. The maximum Gasteiger partial charge on any atom is 0.255 e. The van der Waals surface area contributed by atoms with E-state index in [0.29, 0.717) is 35.6 Å². The Kier molecular flexibility index (Phi) is 7.54. The molecule has 0 aliphatic heterocycles. The molecule has 3 aromatic rings. The van der Waals surface area contributed by atoms with Crippen LogP contribution in [0.1, 0.15) is 41.9 Å². The van der Waals surface area contributed by atoms with Crippen molar-refractivity contribution in [3.05, 3.63) is 53.2 Å². The summed E-state index contributed by atoms with van der Waals surface area (Å²) in [6.45, 7) is 3.61. The molecule has 1 unspecified atom stereocenters. The number of aliphatic hydroxyl groups is 1. The highest BCUT2D eigenvalue weighted by Crippen LogP contribution is 2.22. The van der Waals surface area contributed by atoms with Crippen LogP contribution in [0.25, 0.3) is 11.2 Å². The lowest BCUT2D eigenvalue weighted by Crippen LogP contribution is -2.46. The van der Waals surface area contributed by atoms with Gasteiger partial charge in [0, 0.05) is 46.8 Å².